The van der Waals surface area contributed by atoms with Gasteiger partial charge in [-0.15, -0.1) is 0 Å². The Morgan fingerprint density at radius 2 is 0.452 bits per heavy atom. The number of rotatable bonds is 0. The number of hydrogen-bond acceptors (Lipinski definition) is 16. The van der Waals surface area contributed by atoms with Gasteiger partial charge >= 0.3 is 0 Å². The average molecular weight is 1600 g/mol. The van der Waals surface area contributed by atoms with Crippen molar-refractivity contribution in [2.75, 3.05) is 0 Å². The summed E-state index contributed by atoms with van der Waals surface area (Å²) in [5.74, 6) is 0. The number of nitrogens with zero attached hydrogens (tertiary/aromatic N) is 12. The van der Waals surface area contributed by atoms with Crippen LogP contribution >= 0.6 is 0 Å². The van der Waals surface area contributed by atoms with Gasteiger partial charge < -0.3 is 35.3 Å². The Morgan fingerprint density at radius 1 is 0.169 bits per heavy atom. The normalized spacial score (nSPS) is 12.5. The summed E-state index contributed by atoms with van der Waals surface area (Å²) in [6.45, 7) is 0. The SMILES string of the molecule is c1ccc2c(c1)oc1c2ccc2c3ccc4c5cnccc5c5nccn5c4c3oc21.c1ccc2c(c1)oc1cc3c(cc12)oc1c3ccc2c3cnccc3c3nccn3c21.c1ccc2c(c1)oc1cc3oc4c(ccc5c6cnccc6c6nccn6c54)c3cc12.c1ccc2c(c1)oc1ccc3c4ccc5c6cnccc6c6nccn6c5c4oc3c12. The van der Waals surface area contributed by atoms with Crippen LogP contribution in [0.5, 0.6) is 0 Å². The summed E-state index contributed by atoms with van der Waals surface area (Å²) in [5, 5.41) is 30.1. The molecule has 20 heterocycles. The molecule has 0 amide bonds. The molecule has 0 spiro atoms. The molecule has 0 aliphatic heterocycles. The van der Waals surface area contributed by atoms with Crippen LogP contribution in [0.3, 0.4) is 0 Å². The number of para-hydroxylation sites is 4. The molecule has 20 aromatic heterocycles. The van der Waals surface area contributed by atoms with Crippen molar-refractivity contribution >= 4 is 285 Å². The second kappa shape index (κ2) is 24.1. The molecule has 12 aromatic carbocycles. The lowest BCUT2D eigenvalue weighted by atomic mass is 10.0. The van der Waals surface area contributed by atoms with Gasteiger partial charge in [0.15, 0.2) is 33.5 Å². The molecule has 0 radical (unpaired) electrons. The van der Waals surface area contributed by atoms with Crippen LogP contribution in [-0.4, -0.2) is 57.5 Å². The zero-order valence-electron chi connectivity index (χ0n) is 64.7. The molecule has 0 aliphatic carbocycles. The van der Waals surface area contributed by atoms with Crippen LogP contribution in [0, 0.1) is 0 Å². The molecular weight excluding hydrogens is 1550 g/mol. The molecule has 0 atom stereocenters. The van der Waals surface area contributed by atoms with Gasteiger partial charge in [-0.05, 0) is 115 Å². The minimum Gasteiger partial charge on any atom is -0.456 e. The number of benzene rings is 12. The number of aromatic nitrogens is 12. The molecule has 0 aliphatic rings. The number of hydrogen-bond donors (Lipinski definition) is 0. The molecule has 576 valence electrons. The Kier molecular flexibility index (Phi) is 12.7. The Morgan fingerprint density at radius 3 is 0.911 bits per heavy atom. The van der Waals surface area contributed by atoms with Crippen LogP contribution in [0.25, 0.3) is 285 Å². The smallest absolute Gasteiger partial charge is 0.178 e. The maximum Gasteiger partial charge on any atom is 0.178 e. The molecule has 0 saturated carbocycles. The maximum atomic E-state index is 6.64. The van der Waals surface area contributed by atoms with E-state index >= 15 is 0 Å². The summed E-state index contributed by atoms with van der Waals surface area (Å²) in [5.41, 5.74) is 21.1. The van der Waals surface area contributed by atoms with Crippen molar-refractivity contribution in [3.05, 3.63) is 318 Å². The first-order chi connectivity index (χ1) is 61.5. The highest BCUT2D eigenvalue weighted by Gasteiger charge is 2.26. The Labute approximate surface area is 691 Å². The quantitative estimate of drug-likeness (QED) is 0.129. The minimum absolute atomic E-state index is 0.774. The lowest BCUT2D eigenvalue weighted by Gasteiger charge is -2.08. The van der Waals surface area contributed by atoms with Crippen molar-refractivity contribution in [2.45, 2.75) is 0 Å². The van der Waals surface area contributed by atoms with Crippen LogP contribution in [0.15, 0.2) is 353 Å². The van der Waals surface area contributed by atoms with E-state index in [1.165, 1.54) is 0 Å². The van der Waals surface area contributed by atoms with E-state index in [9.17, 15) is 0 Å². The lowest BCUT2D eigenvalue weighted by Crippen LogP contribution is -1.91. The van der Waals surface area contributed by atoms with Gasteiger partial charge in [0.05, 0.1) is 27.5 Å². The van der Waals surface area contributed by atoms with Gasteiger partial charge in [-0.2, -0.15) is 0 Å². The third-order valence-electron chi connectivity index (χ3n) is 25.4. The molecule has 32 rings (SSSR count). The summed E-state index contributed by atoms with van der Waals surface area (Å²) in [7, 11) is 0. The standard InChI is InChI=1S/4C26H13N3O2/c1-2-4-21-14(3-1)18-11-23-19(12-22(18)30-21)16-6-5-15-20-13-27-8-7-17(20)26-28-9-10-29(26)24(15)25(16)31-23;1-2-4-21-14(3-1)18-11-19-16-6-5-15-20-13-27-8-7-17(20)26-28-9-10-29(26)24(15)25(16)31-23(19)12-22(18)30-21;1-2-4-20-18(3-1)22-21(30-20)8-7-15-16-6-5-14-19-13-27-10-9-17(19)26-28-11-12-29(26)23(14)25(16)31-24(15)22;1-2-4-21-14(3-1)16-7-8-18-17-6-5-15-20-13-27-10-9-19(20)26-28-11-12-29(26)22(15)23(17)31-25(18)24(16)30-21/h4*1-13H. The molecular formula is C104H52N12O8. The minimum atomic E-state index is 0.774. The van der Waals surface area contributed by atoms with Crippen molar-refractivity contribution in [2.24, 2.45) is 0 Å². The highest BCUT2D eigenvalue weighted by molar-refractivity contribution is 6.30. The van der Waals surface area contributed by atoms with Crippen LogP contribution < -0.4 is 0 Å². The van der Waals surface area contributed by atoms with Gasteiger partial charge in [0.25, 0.3) is 0 Å². The van der Waals surface area contributed by atoms with E-state index in [-0.39, 0.29) is 0 Å². The first-order valence-corrected chi connectivity index (χ1v) is 40.6. The third-order valence-corrected chi connectivity index (χ3v) is 25.4. The topological polar surface area (TPSA) is 226 Å². The van der Waals surface area contributed by atoms with E-state index < -0.39 is 0 Å². The zero-order chi connectivity index (χ0) is 80.4. The zero-order valence-corrected chi connectivity index (χ0v) is 64.7. The lowest BCUT2D eigenvalue weighted by molar-refractivity contribution is 0.634. The molecule has 0 unspecified atom stereocenters. The monoisotopic (exact) mass is 1600 g/mol. The second-order valence-electron chi connectivity index (χ2n) is 31.6. The van der Waals surface area contributed by atoms with Gasteiger partial charge in [0, 0.05) is 251 Å². The fourth-order valence-corrected chi connectivity index (χ4v) is 20.0. The summed E-state index contributed by atoms with van der Waals surface area (Å²) >= 11 is 0. The van der Waals surface area contributed by atoms with Crippen LogP contribution in [0.1, 0.15) is 0 Å². The van der Waals surface area contributed by atoms with Gasteiger partial charge in [0.1, 0.15) is 78.4 Å². The Bertz CT molecular complexity index is 10200. The molecule has 0 fully saturated rings. The van der Waals surface area contributed by atoms with Crippen molar-refractivity contribution < 1.29 is 35.3 Å². The van der Waals surface area contributed by atoms with Crippen molar-refractivity contribution in [1.82, 2.24) is 57.5 Å². The molecule has 0 saturated heterocycles. The van der Waals surface area contributed by atoms with Crippen LogP contribution in [0.4, 0.5) is 0 Å². The fraction of sp³-hybridized carbons (Fsp3) is 0. The van der Waals surface area contributed by atoms with Crippen molar-refractivity contribution in [1.29, 1.82) is 0 Å². The summed E-state index contributed by atoms with van der Waals surface area (Å²) in [6, 6.07) is 74.4. The van der Waals surface area contributed by atoms with Crippen molar-refractivity contribution in [3.8, 4) is 0 Å². The molecule has 124 heavy (non-hydrogen) atoms. The first-order valence-electron chi connectivity index (χ1n) is 40.6. The third kappa shape index (κ3) is 8.80. The van der Waals surface area contributed by atoms with Gasteiger partial charge in [0.2, 0.25) is 0 Å². The molecule has 32 aromatic rings. The van der Waals surface area contributed by atoms with Crippen LogP contribution in [-0.2, 0) is 0 Å². The number of pyridine rings is 8. The highest BCUT2D eigenvalue weighted by atomic mass is 16.4. The molecule has 20 heteroatoms. The predicted octanol–water partition coefficient (Wildman–Crippen LogP) is 27.3. The van der Waals surface area contributed by atoms with E-state index in [1.54, 1.807) is 6.20 Å². The van der Waals surface area contributed by atoms with Crippen molar-refractivity contribution in [3.63, 3.8) is 0 Å². The van der Waals surface area contributed by atoms with Crippen LogP contribution in [0.2, 0.25) is 0 Å². The second-order valence-corrected chi connectivity index (χ2v) is 31.6. The first kappa shape index (κ1) is 65.5. The van der Waals surface area contributed by atoms with E-state index in [2.05, 4.69) is 167 Å². The summed E-state index contributed by atoms with van der Waals surface area (Å²) in [6.07, 6.45) is 30.1. The predicted molar refractivity (Wildman–Crippen MR) is 490 cm³/mol. The Hall–Kier alpha value is -17.5. The van der Waals surface area contributed by atoms with E-state index in [1.807, 2.05) is 202 Å². The van der Waals surface area contributed by atoms with Gasteiger partial charge in [-0.25, -0.2) is 19.9 Å². The van der Waals surface area contributed by atoms with E-state index in [4.69, 9.17) is 35.3 Å². The van der Waals surface area contributed by atoms with E-state index in [0.717, 1.165) is 285 Å². The number of furan rings is 8. The highest BCUT2D eigenvalue weighted by Crippen LogP contribution is 2.48. The largest absolute Gasteiger partial charge is 0.456 e. The summed E-state index contributed by atoms with van der Waals surface area (Å²) < 4.78 is 59.1. The summed E-state index contributed by atoms with van der Waals surface area (Å²) in [4.78, 5) is 35.9. The number of fused-ring (bicyclic) bond motifs is 54. The van der Waals surface area contributed by atoms with E-state index in [0.29, 0.717) is 0 Å². The molecule has 0 bridgehead atoms. The fourth-order valence-electron chi connectivity index (χ4n) is 20.0. The maximum absolute atomic E-state index is 6.64. The van der Waals surface area contributed by atoms with Gasteiger partial charge in [-0.3, -0.25) is 37.5 Å². The van der Waals surface area contributed by atoms with Gasteiger partial charge in [-0.1, -0.05) is 97.1 Å². The molecule has 20 nitrogen and oxygen atoms in total. The average Bonchev–Trinajstić information content (AvgIpc) is 1.55. The molecule has 0 N–H and O–H groups in total. The number of imidazole rings is 4. The Balaban J connectivity index is 0.0000000828.